The van der Waals surface area contributed by atoms with Crippen molar-refractivity contribution < 1.29 is 20.1 Å². The molecule has 4 atom stereocenters. The molecule has 3 rings (SSSR count). The highest BCUT2D eigenvalue weighted by atomic mass is 16.6. The minimum atomic E-state index is -1.19. The van der Waals surface area contributed by atoms with Crippen LogP contribution in [0.3, 0.4) is 0 Å². The third-order valence-corrected chi connectivity index (χ3v) is 3.58. The highest BCUT2D eigenvalue weighted by Crippen LogP contribution is 2.36. The molecule has 0 aromatic carbocycles. The number of nitrogens with one attached hydrogen (secondary N) is 1. The molecule has 0 spiro atoms. The maximum absolute atomic E-state index is 10.1. The van der Waals surface area contributed by atoms with Gasteiger partial charge in [0.25, 0.3) is 0 Å². The molecular weight excluding hydrogens is 304 g/mol. The van der Waals surface area contributed by atoms with Crippen LogP contribution in [0, 0.1) is 0 Å². The van der Waals surface area contributed by atoms with Gasteiger partial charge < -0.3 is 25.0 Å². The molecule has 4 N–H and O–H groups in total. The predicted molar refractivity (Wildman–Crippen MR) is 80.2 cm³/mol. The molecule has 0 bridgehead atoms. The molecule has 0 saturated carbocycles. The van der Waals surface area contributed by atoms with Crippen LogP contribution in [0.15, 0.2) is 11.3 Å². The van der Waals surface area contributed by atoms with Crippen molar-refractivity contribution in [2.45, 2.75) is 24.4 Å². The van der Waals surface area contributed by atoms with Crippen molar-refractivity contribution in [3.63, 3.8) is 0 Å². The van der Waals surface area contributed by atoms with Crippen LogP contribution in [-0.4, -0.2) is 85.7 Å². The average molecular weight is 322 g/mol. The summed E-state index contributed by atoms with van der Waals surface area (Å²) < 4.78 is 5.50. The number of aliphatic hydroxyl groups is 3. The summed E-state index contributed by atoms with van der Waals surface area (Å²) >= 11 is 0. The van der Waals surface area contributed by atoms with Crippen molar-refractivity contribution in [2.75, 3.05) is 20.7 Å². The third-order valence-electron chi connectivity index (χ3n) is 3.58. The third kappa shape index (κ3) is 2.77. The molecule has 124 valence electrons. The van der Waals surface area contributed by atoms with Crippen molar-refractivity contribution in [3.8, 4) is 0 Å². The number of nitrogens with zero attached hydrogens (tertiary/aromatic N) is 5. The van der Waals surface area contributed by atoms with E-state index in [1.165, 1.54) is 6.33 Å². The largest absolute Gasteiger partial charge is 0.394 e. The molecule has 1 aliphatic heterocycles. The minimum absolute atomic E-state index is 0.373. The Bertz CT molecular complexity index is 718. The number of aromatic amines is 1. The van der Waals surface area contributed by atoms with Crippen molar-refractivity contribution in [1.82, 2.24) is 25.1 Å². The number of aliphatic imine (C=N–C) groups is 1. The van der Waals surface area contributed by atoms with E-state index in [2.05, 4.69) is 25.2 Å². The fourth-order valence-corrected chi connectivity index (χ4v) is 2.44. The molecule has 3 heterocycles. The first-order valence-electron chi connectivity index (χ1n) is 7.05. The van der Waals surface area contributed by atoms with E-state index >= 15 is 0 Å². The summed E-state index contributed by atoms with van der Waals surface area (Å²) in [5.41, 5.74) is 1.28. The summed E-state index contributed by atoms with van der Waals surface area (Å²) in [7, 11) is 3.66. The van der Waals surface area contributed by atoms with E-state index in [-0.39, 0.29) is 0 Å². The molecule has 23 heavy (non-hydrogen) atoms. The van der Waals surface area contributed by atoms with Crippen molar-refractivity contribution in [1.29, 1.82) is 0 Å². The minimum Gasteiger partial charge on any atom is -0.394 e. The zero-order valence-electron chi connectivity index (χ0n) is 12.7. The molecule has 1 aliphatic rings. The van der Waals surface area contributed by atoms with Gasteiger partial charge in [-0.3, -0.25) is 5.10 Å². The number of rotatable bonds is 4. The monoisotopic (exact) mass is 322 g/mol. The number of H-pyrrole nitrogens is 1. The molecule has 2 aromatic rings. The van der Waals surface area contributed by atoms with Gasteiger partial charge in [-0.1, -0.05) is 0 Å². The zero-order chi connectivity index (χ0) is 16.6. The summed E-state index contributed by atoms with van der Waals surface area (Å²) in [6.45, 7) is -0.395. The van der Waals surface area contributed by atoms with Gasteiger partial charge in [0.05, 0.1) is 18.6 Å². The SMILES string of the molecule is CN(C)C=Nc1ncnc2c([C@@H]3O[C@H](CO)[C@@H](O)[C@H]3O)[nH]nc12. The van der Waals surface area contributed by atoms with Crippen LogP contribution < -0.4 is 0 Å². The van der Waals surface area contributed by atoms with Gasteiger partial charge in [0.2, 0.25) is 0 Å². The Kier molecular flexibility index (Phi) is 4.22. The van der Waals surface area contributed by atoms with Crippen molar-refractivity contribution in [2.24, 2.45) is 4.99 Å². The van der Waals surface area contributed by atoms with Crippen LogP contribution in [0.4, 0.5) is 5.82 Å². The molecule has 1 fully saturated rings. The number of ether oxygens (including phenoxy) is 1. The van der Waals surface area contributed by atoms with Gasteiger partial charge in [0, 0.05) is 14.1 Å². The van der Waals surface area contributed by atoms with E-state index in [1.54, 1.807) is 11.2 Å². The summed E-state index contributed by atoms with van der Waals surface area (Å²) in [6, 6.07) is 0. The Hall–Kier alpha value is -2.14. The maximum Gasteiger partial charge on any atom is 0.185 e. The molecule has 0 unspecified atom stereocenters. The van der Waals surface area contributed by atoms with E-state index in [4.69, 9.17) is 4.74 Å². The van der Waals surface area contributed by atoms with Gasteiger partial charge in [-0.05, 0) is 0 Å². The molecule has 0 amide bonds. The smallest absolute Gasteiger partial charge is 0.185 e. The lowest BCUT2D eigenvalue weighted by atomic mass is 10.1. The van der Waals surface area contributed by atoms with Crippen molar-refractivity contribution in [3.05, 3.63) is 12.0 Å². The van der Waals surface area contributed by atoms with Gasteiger partial charge in [-0.2, -0.15) is 5.10 Å². The number of aliphatic hydroxyl groups excluding tert-OH is 3. The molecule has 10 heteroatoms. The van der Waals surface area contributed by atoms with Gasteiger partial charge in [-0.25, -0.2) is 15.0 Å². The molecule has 0 aliphatic carbocycles. The van der Waals surface area contributed by atoms with Gasteiger partial charge in [0.1, 0.15) is 36.3 Å². The normalized spacial score (nSPS) is 28.0. The highest BCUT2D eigenvalue weighted by molar-refractivity contribution is 5.86. The fourth-order valence-electron chi connectivity index (χ4n) is 2.44. The lowest BCUT2D eigenvalue weighted by molar-refractivity contribution is -0.0236. The summed E-state index contributed by atoms with van der Waals surface area (Å²) in [4.78, 5) is 14.2. The number of aromatic nitrogens is 4. The first-order chi connectivity index (χ1) is 11.0. The Morgan fingerprint density at radius 3 is 2.74 bits per heavy atom. The molecule has 1 saturated heterocycles. The number of fused-ring (bicyclic) bond motifs is 1. The van der Waals surface area contributed by atoms with Crippen LogP contribution in [-0.2, 0) is 4.74 Å². The predicted octanol–water partition coefficient (Wildman–Crippen LogP) is -1.27. The van der Waals surface area contributed by atoms with Crippen LogP contribution >= 0.6 is 0 Å². The van der Waals surface area contributed by atoms with E-state index < -0.39 is 31.0 Å². The lowest BCUT2D eigenvalue weighted by Crippen LogP contribution is -2.32. The number of hydrogen-bond donors (Lipinski definition) is 4. The Morgan fingerprint density at radius 2 is 2.09 bits per heavy atom. The van der Waals surface area contributed by atoms with E-state index in [0.717, 1.165) is 0 Å². The molecular formula is C13H18N6O4. The van der Waals surface area contributed by atoms with Crippen LogP contribution in [0.2, 0.25) is 0 Å². The second-order valence-electron chi connectivity index (χ2n) is 5.50. The fraction of sp³-hybridized carbons (Fsp3) is 0.538. The second kappa shape index (κ2) is 6.16. The average Bonchev–Trinajstić information content (AvgIpc) is 3.08. The molecule has 10 nitrogen and oxygen atoms in total. The van der Waals surface area contributed by atoms with Crippen molar-refractivity contribution >= 4 is 23.2 Å². The second-order valence-corrected chi connectivity index (χ2v) is 5.50. The lowest BCUT2D eigenvalue weighted by Gasteiger charge is -2.12. The quantitative estimate of drug-likeness (QED) is 0.403. The van der Waals surface area contributed by atoms with Crippen LogP contribution in [0.1, 0.15) is 11.8 Å². The molecule has 0 radical (unpaired) electrons. The Labute approximate surface area is 131 Å². The first kappa shape index (κ1) is 15.7. The topological polar surface area (TPSA) is 140 Å². The van der Waals surface area contributed by atoms with Crippen LogP contribution in [0.5, 0.6) is 0 Å². The Balaban J connectivity index is 1.99. The molecule has 2 aromatic heterocycles. The maximum atomic E-state index is 10.1. The van der Waals surface area contributed by atoms with E-state index in [9.17, 15) is 15.3 Å². The van der Waals surface area contributed by atoms with Gasteiger partial charge in [-0.15, -0.1) is 0 Å². The van der Waals surface area contributed by atoms with Gasteiger partial charge >= 0.3 is 0 Å². The summed E-state index contributed by atoms with van der Waals surface area (Å²) in [6.07, 6.45) is -1.18. The Morgan fingerprint density at radius 1 is 1.30 bits per heavy atom. The van der Waals surface area contributed by atoms with E-state index in [1.807, 2.05) is 14.1 Å². The summed E-state index contributed by atoms with van der Waals surface area (Å²) in [5, 5.41) is 36.1. The first-order valence-corrected chi connectivity index (χ1v) is 7.05. The highest BCUT2D eigenvalue weighted by Gasteiger charge is 2.44. The summed E-state index contributed by atoms with van der Waals surface area (Å²) in [5.74, 6) is 0.373. The number of hydrogen-bond acceptors (Lipinski definition) is 8. The van der Waals surface area contributed by atoms with Gasteiger partial charge in [0.15, 0.2) is 11.3 Å². The van der Waals surface area contributed by atoms with Crippen LogP contribution in [0.25, 0.3) is 11.0 Å². The van der Waals surface area contributed by atoms with E-state index in [0.29, 0.717) is 22.5 Å². The zero-order valence-corrected chi connectivity index (χ0v) is 12.7. The standard InChI is InChI=1S/C13H18N6O4/c1-19(2)5-16-13-9-7(14-4-15-13)8(17-18-9)12-11(22)10(21)6(3-20)23-12/h4-6,10-12,20-22H,3H2,1-2H3,(H,17,18)/t6-,10-,11-,12+/m1/s1.